The molecule has 0 fully saturated rings. The van der Waals surface area contributed by atoms with E-state index in [1.165, 1.54) is 25.7 Å². The van der Waals surface area contributed by atoms with E-state index < -0.39 is 0 Å². The smallest absolute Gasteiger partial charge is 0.0129 e. The topological polar surface area (TPSA) is 0 Å². The van der Waals surface area contributed by atoms with Crippen LogP contribution in [-0.2, 0) is 11.8 Å². The Morgan fingerprint density at radius 1 is 1.06 bits per heavy atom. The van der Waals surface area contributed by atoms with Crippen molar-refractivity contribution >= 4 is 0 Å². The maximum absolute atomic E-state index is 2.33. The van der Waals surface area contributed by atoms with Crippen molar-refractivity contribution in [1.82, 2.24) is 0 Å². The molecule has 0 aliphatic carbocycles. The third kappa shape index (κ3) is 3.86. The molecule has 0 heteroatoms. The Kier molecular flexibility index (Phi) is 5.44. The molecule has 0 radical (unpaired) electrons. The number of hydrogen-bond donors (Lipinski definition) is 0. The van der Waals surface area contributed by atoms with Gasteiger partial charge in [-0.2, -0.15) is 0 Å². The highest BCUT2D eigenvalue weighted by molar-refractivity contribution is 5.41. The van der Waals surface area contributed by atoms with Crippen molar-refractivity contribution in [3.8, 4) is 0 Å². The lowest BCUT2D eigenvalue weighted by Gasteiger charge is -2.26. The summed E-state index contributed by atoms with van der Waals surface area (Å²) in [7, 11) is 0. The summed E-state index contributed by atoms with van der Waals surface area (Å²) in [5.74, 6) is 0.629. The van der Waals surface area contributed by atoms with Gasteiger partial charge in [-0.25, -0.2) is 0 Å². The van der Waals surface area contributed by atoms with Crippen LogP contribution in [0, 0.1) is 0 Å². The van der Waals surface area contributed by atoms with E-state index in [-0.39, 0.29) is 5.41 Å². The van der Waals surface area contributed by atoms with Crippen LogP contribution in [0.5, 0.6) is 0 Å². The van der Waals surface area contributed by atoms with Crippen molar-refractivity contribution in [2.24, 2.45) is 0 Å². The Labute approximate surface area is 114 Å². The number of hydrogen-bond acceptors (Lipinski definition) is 0. The lowest BCUT2D eigenvalue weighted by atomic mass is 9.79. The summed E-state index contributed by atoms with van der Waals surface area (Å²) in [6.45, 7) is 13.9. The molecule has 0 N–H and O–H groups in total. The third-order valence-electron chi connectivity index (χ3n) is 3.67. The summed E-state index contributed by atoms with van der Waals surface area (Å²) in [6.07, 6.45) is 5.21. The molecular weight excluding hydrogens is 216 g/mol. The van der Waals surface area contributed by atoms with Crippen molar-refractivity contribution in [3.63, 3.8) is 0 Å². The predicted octanol–water partition coefficient (Wildman–Crippen LogP) is 5.84. The van der Waals surface area contributed by atoms with Crippen LogP contribution in [0.1, 0.15) is 83.4 Å². The summed E-state index contributed by atoms with van der Waals surface area (Å²) in [4.78, 5) is 0. The molecule has 0 aliphatic heterocycles. The SMILES string of the molecule is CCCCCc1c(C(C)C)cccc1C(C)(C)C. The van der Waals surface area contributed by atoms with Crippen LogP contribution in [0.2, 0.25) is 0 Å². The van der Waals surface area contributed by atoms with E-state index in [0.717, 1.165) is 0 Å². The molecule has 0 saturated carbocycles. The van der Waals surface area contributed by atoms with E-state index in [9.17, 15) is 0 Å². The highest BCUT2D eigenvalue weighted by Crippen LogP contribution is 2.32. The van der Waals surface area contributed by atoms with Crippen molar-refractivity contribution < 1.29 is 0 Å². The second-order valence-electron chi connectivity index (χ2n) is 6.74. The number of benzene rings is 1. The zero-order chi connectivity index (χ0) is 13.8. The van der Waals surface area contributed by atoms with Gasteiger partial charge in [0.1, 0.15) is 0 Å². The van der Waals surface area contributed by atoms with Crippen molar-refractivity contribution in [2.75, 3.05) is 0 Å². The van der Waals surface area contributed by atoms with Crippen LogP contribution in [0.3, 0.4) is 0 Å². The Hall–Kier alpha value is -0.780. The maximum Gasteiger partial charge on any atom is -0.0129 e. The van der Waals surface area contributed by atoms with Crippen LogP contribution >= 0.6 is 0 Å². The largest absolute Gasteiger partial charge is 0.0654 e. The quantitative estimate of drug-likeness (QED) is 0.572. The van der Waals surface area contributed by atoms with Gasteiger partial charge < -0.3 is 0 Å². The predicted molar refractivity (Wildman–Crippen MR) is 82.5 cm³/mol. The monoisotopic (exact) mass is 246 g/mol. The van der Waals surface area contributed by atoms with Gasteiger partial charge in [0.15, 0.2) is 0 Å². The van der Waals surface area contributed by atoms with Gasteiger partial charge in [0.25, 0.3) is 0 Å². The summed E-state index contributed by atoms with van der Waals surface area (Å²) in [5.41, 5.74) is 4.98. The van der Waals surface area contributed by atoms with Crippen LogP contribution in [-0.4, -0.2) is 0 Å². The highest BCUT2D eigenvalue weighted by atomic mass is 14.2. The summed E-state index contributed by atoms with van der Waals surface area (Å²) in [6, 6.07) is 6.88. The van der Waals surface area contributed by atoms with Gasteiger partial charge in [-0.05, 0) is 40.9 Å². The van der Waals surface area contributed by atoms with Gasteiger partial charge in [-0.3, -0.25) is 0 Å². The van der Waals surface area contributed by atoms with Crippen molar-refractivity contribution in [2.45, 2.75) is 78.6 Å². The first-order valence-electron chi connectivity index (χ1n) is 7.50. The normalized spacial score (nSPS) is 12.2. The van der Waals surface area contributed by atoms with Crippen LogP contribution < -0.4 is 0 Å². The molecule has 0 nitrogen and oxygen atoms in total. The first-order valence-corrected chi connectivity index (χ1v) is 7.50. The molecule has 0 amide bonds. The maximum atomic E-state index is 2.33. The average Bonchev–Trinajstić information content (AvgIpc) is 2.27. The molecule has 0 unspecified atom stereocenters. The molecule has 0 aromatic heterocycles. The molecule has 0 heterocycles. The van der Waals surface area contributed by atoms with E-state index in [2.05, 4.69) is 59.7 Å². The molecule has 0 saturated heterocycles. The number of rotatable bonds is 5. The van der Waals surface area contributed by atoms with Gasteiger partial charge in [0.2, 0.25) is 0 Å². The zero-order valence-corrected chi connectivity index (χ0v) is 13.1. The van der Waals surface area contributed by atoms with Crippen LogP contribution in [0.4, 0.5) is 0 Å². The fraction of sp³-hybridized carbons (Fsp3) is 0.667. The second-order valence-corrected chi connectivity index (χ2v) is 6.74. The molecular formula is C18H30. The lowest BCUT2D eigenvalue weighted by Crippen LogP contribution is -2.16. The summed E-state index contributed by atoms with van der Waals surface area (Å²) in [5, 5.41) is 0. The fourth-order valence-electron chi connectivity index (χ4n) is 2.68. The standard InChI is InChI=1S/C18H30/c1-7-8-9-11-16-15(14(2)3)12-10-13-17(16)18(4,5)6/h10,12-14H,7-9,11H2,1-6H3. The first-order chi connectivity index (χ1) is 8.38. The molecule has 102 valence electrons. The van der Waals surface area contributed by atoms with Crippen LogP contribution in [0.25, 0.3) is 0 Å². The van der Waals surface area contributed by atoms with E-state index in [1.54, 1.807) is 16.7 Å². The Balaban J connectivity index is 3.13. The number of unbranched alkanes of at least 4 members (excludes halogenated alkanes) is 2. The van der Waals surface area contributed by atoms with Gasteiger partial charge >= 0.3 is 0 Å². The molecule has 0 aliphatic rings. The highest BCUT2D eigenvalue weighted by Gasteiger charge is 2.20. The zero-order valence-electron chi connectivity index (χ0n) is 13.1. The van der Waals surface area contributed by atoms with Gasteiger partial charge in [0, 0.05) is 0 Å². The van der Waals surface area contributed by atoms with Gasteiger partial charge in [-0.15, -0.1) is 0 Å². The van der Waals surface area contributed by atoms with Gasteiger partial charge in [0.05, 0.1) is 0 Å². The summed E-state index contributed by atoms with van der Waals surface area (Å²) >= 11 is 0. The van der Waals surface area contributed by atoms with Crippen molar-refractivity contribution in [3.05, 3.63) is 34.9 Å². The minimum absolute atomic E-state index is 0.256. The third-order valence-corrected chi connectivity index (χ3v) is 3.67. The minimum atomic E-state index is 0.256. The lowest BCUT2D eigenvalue weighted by molar-refractivity contribution is 0.574. The van der Waals surface area contributed by atoms with Gasteiger partial charge in [-0.1, -0.05) is 72.6 Å². The molecule has 0 atom stereocenters. The molecule has 1 rings (SSSR count). The van der Waals surface area contributed by atoms with Crippen LogP contribution in [0.15, 0.2) is 18.2 Å². The fourth-order valence-corrected chi connectivity index (χ4v) is 2.68. The average molecular weight is 246 g/mol. The minimum Gasteiger partial charge on any atom is -0.0654 e. The second kappa shape index (κ2) is 6.41. The first kappa shape index (κ1) is 15.3. The Morgan fingerprint density at radius 2 is 1.72 bits per heavy atom. The summed E-state index contributed by atoms with van der Waals surface area (Å²) < 4.78 is 0. The molecule has 1 aromatic rings. The van der Waals surface area contributed by atoms with E-state index >= 15 is 0 Å². The van der Waals surface area contributed by atoms with E-state index in [1.807, 2.05) is 0 Å². The molecule has 0 spiro atoms. The Morgan fingerprint density at radius 3 is 2.22 bits per heavy atom. The van der Waals surface area contributed by atoms with E-state index in [0.29, 0.717) is 5.92 Å². The molecule has 1 aromatic carbocycles. The van der Waals surface area contributed by atoms with E-state index in [4.69, 9.17) is 0 Å². The molecule has 18 heavy (non-hydrogen) atoms. The van der Waals surface area contributed by atoms with Crippen molar-refractivity contribution in [1.29, 1.82) is 0 Å². The molecule has 0 bridgehead atoms. The Bertz CT molecular complexity index is 366.